The molecule has 0 aromatic heterocycles. The third kappa shape index (κ3) is 3.99. The molecule has 0 bridgehead atoms. The maximum absolute atomic E-state index is 13.4. The maximum atomic E-state index is 13.4. The Hall–Kier alpha value is -1.25. The number of amides is 1. The van der Waals surface area contributed by atoms with Crippen LogP contribution >= 0.6 is 0 Å². The first-order valence-corrected chi connectivity index (χ1v) is 9.00. The van der Waals surface area contributed by atoms with Crippen LogP contribution in [0.1, 0.15) is 69.2 Å². The van der Waals surface area contributed by atoms with E-state index >= 15 is 0 Å². The average molecular weight is 322 g/mol. The van der Waals surface area contributed by atoms with Crippen molar-refractivity contribution in [3.8, 4) is 0 Å². The monoisotopic (exact) mass is 321 g/mol. The zero-order valence-corrected chi connectivity index (χ0v) is 16.7. The summed E-state index contributed by atoms with van der Waals surface area (Å²) in [5.74, 6) is 2.70. The Balaban J connectivity index is 3.73. The molecule has 0 spiro atoms. The van der Waals surface area contributed by atoms with Crippen LogP contribution in [0.25, 0.3) is 0 Å². The number of carbonyl (C=O) groups excluding carboxylic acids is 1. The predicted octanol–water partition coefficient (Wildman–Crippen LogP) is 5.34. The molecular formula is C20H35NO2. The minimum Gasteiger partial charge on any atom is -0.463 e. The second-order valence-corrected chi connectivity index (χ2v) is 8.02. The second kappa shape index (κ2) is 7.55. The van der Waals surface area contributed by atoms with Gasteiger partial charge in [0.2, 0.25) is 0 Å². The third-order valence-corrected chi connectivity index (χ3v) is 4.14. The van der Waals surface area contributed by atoms with E-state index in [4.69, 9.17) is 4.74 Å². The highest BCUT2D eigenvalue weighted by Gasteiger charge is 2.37. The lowest BCUT2D eigenvalue weighted by Crippen LogP contribution is -2.40. The fourth-order valence-corrected chi connectivity index (χ4v) is 3.14. The van der Waals surface area contributed by atoms with Crippen LogP contribution in [0, 0.1) is 23.7 Å². The normalized spacial score (nSPS) is 17.3. The fraction of sp³-hybridized carbons (Fsp3) is 0.750. The molecule has 0 saturated heterocycles. The Bertz CT molecular complexity index is 508. The van der Waals surface area contributed by atoms with E-state index in [1.807, 2.05) is 4.90 Å². The Morgan fingerprint density at radius 3 is 1.48 bits per heavy atom. The van der Waals surface area contributed by atoms with Gasteiger partial charge < -0.3 is 9.64 Å². The van der Waals surface area contributed by atoms with Gasteiger partial charge in [0.15, 0.2) is 0 Å². The summed E-state index contributed by atoms with van der Waals surface area (Å²) in [5, 5.41) is 0. The zero-order chi connectivity index (χ0) is 18.1. The lowest BCUT2D eigenvalue weighted by Gasteiger charge is -2.33. The summed E-state index contributed by atoms with van der Waals surface area (Å²) in [4.78, 5) is 15.3. The first-order valence-electron chi connectivity index (χ1n) is 9.00. The van der Waals surface area contributed by atoms with E-state index in [0.29, 0.717) is 0 Å². The van der Waals surface area contributed by atoms with E-state index in [1.54, 1.807) is 0 Å². The highest BCUT2D eigenvalue weighted by Crippen LogP contribution is 2.38. The van der Waals surface area contributed by atoms with Crippen LogP contribution in [0.2, 0.25) is 0 Å². The van der Waals surface area contributed by atoms with Gasteiger partial charge in [0.25, 0.3) is 5.91 Å². The smallest absolute Gasteiger partial charge is 0.257 e. The van der Waals surface area contributed by atoms with E-state index in [-0.39, 0.29) is 35.6 Å². The summed E-state index contributed by atoms with van der Waals surface area (Å²) in [6.45, 7) is 21.1. The van der Waals surface area contributed by atoms with Crippen LogP contribution in [0.3, 0.4) is 0 Å². The van der Waals surface area contributed by atoms with Crippen LogP contribution in [0.15, 0.2) is 22.8 Å². The first-order chi connectivity index (χ1) is 10.5. The van der Waals surface area contributed by atoms with Crippen molar-refractivity contribution >= 4 is 5.91 Å². The largest absolute Gasteiger partial charge is 0.463 e. The summed E-state index contributed by atoms with van der Waals surface area (Å²) >= 11 is 0. The zero-order valence-electron chi connectivity index (χ0n) is 16.7. The van der Waals surface area contributed by atoms with E-state index in [1.165, 1.54) is 0 Å². The first kappa shape index (κ1) is 19.8. The molecule has 3 nitrogen and oxygen atoms in total. The summed E-state index contributed by atoms with van der Waals surface area (Å²) < 4.78 is 6.43. The van der Waals surface area contributed by atoms with Gasteiger partial charge in [-0.25, -0.2) is 0 Å². The SMILES string of the molecule is CC(C)C1=C(C(C)C)C(=O)N(C(C)C)C(C(C)C)=C(C(C)C)O1. The second-order valence-electron chi connectivity index (χ2n) is 8.02. The van der Waals surface area contributed by atoms with Crippen molar-refractivity contribution in [2.24, 2.45) is 23.7 Å². The van der Waals surface area contributed by atoms with Crippen LogP contribution in [-0.2, 0) is 9.53 Å². The van der Waals surface area contributed by atoms with Crippen LogP contribution in [-0.4, -0.2) is 16.8 Å². The van der Waals surface area contributed by atoms with Gasteiger partial charge in [0.05, 0.1) is 11.3 Å². The minimum absolute atomic E-state index is 0.109. The number of ether oxygens (including phenoxy) is 1. The summed E-state index contributed by atoms with van der Waals surface area (Å²) in [7, 11) is 0. The van der Waals surface area contributed by atoms with Gasteiger partial charge in [0, 0.05) is 17.9 Å². The molecular weight excluding hydrogens is 286 g/mol. The van der Waals surface area contributed by atoms with Crippen LogP contribution < -0.4 is 0 Å². The number of hydrogen-bond acceptors (Lipinski definition) is 2. The molecule has 0 aromatic carbocycles. The van der Waals surface area contributed by atoms with Gasteiger partial charge >= 0.3 is 0 Å². The molecule has 23 heavy (non-hydrogen) atoms. The lowest BCUT2D eigenvalue weighted by atomic mass is 9.94. The molecule has 3 heteroatoms. The van der Waals surface area contributed by atoms with Crippen molar-refractivity contribution in [2.45, 2.75) is 75.3 Å². The molecule has 0 unspecified atom stereocenters. The standard InChI is InChI=1S/C20H35NO2/c1-11(2)16-18(13(5)6)23-19(14(7)8)17(12(3)4)21(15(9)10)20(16)22/h11-15H,1-10H3. The molecule has 0 saturated carbocycles. The van der Waals surface area contributed by atoms with Crippen LogP contribution in [0.4, 0.5) is 0 Å². The Morgan fingerprint density at radius 2 is 1.17 bits per heavy atom. The van der Waals surface area contributed by atoms with Crippen molar-refractivity contribution < 1.29 is 9.53 Å². The van der Waals surface area contributed by atoms with Gasteiger partial charge in [-0.1, -0.05) is 55.4 Å². The molecule has 0 N–H and O–H groups in total. The molecule has 1 aliphatic rings. The minimum atomic E-state index is 0.109. The molecule has 0 atom stereocenters. The van der Waals surface area contributed by atoms with Gasteiger partial charge in [-0.3, -0.25) is 4.79 Å². The number of nitrogens with zero attached hydrogens (tertiary/aromatic N) is 1. The van der Waals surface area contributed by atoms with Crippen molar-refractivity contribution in [2.75, 3.05) is 0 Å². The maximum Gasteiger partial charge on any atom is 0.257 e. The number of allylic oxidation sites excluding steroid dienone is 3. The van der Waals surface area contributed by atoms with Crippen molar-refractivity contribution in [3.63, 3.8) is 0 Å². The summed E-state index contributed by atoms with van der Waals surface area (Å²) in [6.07, 6.45) is 0. The van der Waals surface area contributed by atoms with Gasteiger partial charge in [-0.15, -0.1) is 0 Å². The Labute approximate surface area is 142 Å². The molecule has 1 aliphatic heterocycles. The molecule has 0 radical (unpaired) electrons. The van der Waals surface area contributed by atoms with Crippen molar-refractivity contribution in [1.82, 2.24) is 4.90 Å². The Kier molecular flexibility index (Phi) is 6.49. The van der Waals surface area contributed by atoms with Gasteiger partial charge in [0.1, 0.15) is 11.5 Å². The molecule has 0 aliphatic carbocycles. The molecule has 1 heterocycles. The predicted molar refractivity (Wildman–Crippen MR) is 96.5 cm³/mol. The number of hydrogen-bond donors (Lipinski definition) is 0. The van der Waals surface area contributed by atoms with E-state index in [2.05, 4.69) is 69.2 Å². The molecule has 1 amide bonds. The lowest BCUT2D eigenvalue weighted by molar-refractivity contribution is -0.127. The quantitative estimate of drug-likeness (QED) is 0.683. The summed E-state index contributed by atoms with van der Waals surface area (Å²) in [6, 6.07) is 0.109. The van der Waals surface area contributed by atoms with E-state index in [0.717, 1.165) is 22.8 Å². The number of carbonyl (C=O) groups is 1. The van der Waals surface area contributed by atoms with Gasteiger partial charge in [-0.2, -0.15) is 0 Å². The van der Waals surface area contributed by atoms with Crippen LogP contribution in [0.5, 0.6) is 0 Å². The number of rotatable bonds is 5. The molecule has 1 rings (SSSR count). The fourth-order valence-electron chi connectivity index (χ4n) is 3.14. The molecule has 132 valence electrons. The van der Waals surface area contributed by atoms with Crippen molar-refractivity contribution in [1.29, 1.82) is 0 Å². The molecule has 0 aromatic rings. The Morgan fingerprint density at radius 1 is 0.696 bits per heavy atom. The van der Waals surface area contributed by atoms with Crippen molar-refractivity contribution in [3.05, 3.63) is 22.8 Å². The average Bonchev–Trinajstić information content (AvgIpc) is 2.52. The highest BCUT2D eigenvalue weighted by atomic mass is 16.5. The van der Waals surface area contributed by atoms with E-state index in [9.17, 15) is 4.79 Å². The summed E-state index contributed by atoms with van der Waals surface area (Å²) in [5.41, 5.74) is 1.86. The van der Waals surface area contributed by atoms with Gasteiger partial charge in [-0.05, 0) is 25.7 Å². The third-order valence-electron chi connectivity index (χ3n) is 4.14. The molecule has 0 fully saturated rings. The topological polar surface area (TPSA) is 29.5 Å². The van der Waals surface area contributed by atoms with E-state index < -0.39 is 0 Å². The highest BCUT2D eigenvalue weighted by molar-refractivity contribution is 5.96.